The molecular weight excluding hydrogens is 335 g/mol. The van der Waals surface area contributed by atoms with Crippen LogP contribution in [-0.2, 0) is 4.79 Å². The maximum Gasteiger partial charge on any atom is 0.226 e. The van der Waals surface area contributed by atoms with Crippen LogP contribution in [0.2, 0.25) is 0 Å². The van der Waals surface area contributed by atoms with E-state index in [4.69, 9.17) is 5.73 Å². The molecule has 1 aromatic heterocycles. The third kappa shape index (κ3) is 6.16. The van der Waals surface area contributed by atoms with Crippen molar-refractivity contribution in [2.45, 2.75) is 38.5 Å². The minimum atomic E-state index is -0.00803. The Hall–Kier alpha value is -1.04. The van der Waals surface area contributed by atoms with Crippen LogP contribution in [0, 0.1) is 5.41 Å². The van der Waals surface area contributed by atoms with Crippen LogP contribution in [-0.4, -0.2) is 31.5 Å². The van der Waals surface area contributed by atoms with E-state index in [2.05, 4.69) is 10.3 Å². The molecule has 1 aliphatic carbocycles. The van der Waals surface area contributed by atoms with Gasteiger partial charge in [-0.2, -0.15) is 0 Å². The zero-order chi connectivity index (χ0) is 15.3. The molecule has 0 bridgehead atoms. The van der Waals surface area contributed by atoms with Gasteiger partial charge in [0.05, 0.1) is 11.9 Å². The normalized spacial score (nSPS) is 15.8. The lowest BCUT2D eigenvalue weighted by Gasteiger charge is -2.35. The first-order chi connectivity index (χ1) is 10.0. The van der Waals surface area contributed by atoms with Gasteiger partial charge >= 0.3 is 0 Å². The Balaban J connectivity index is 0.00000242. The smallest absolute Gasteiger partial charge is 0.226 e. The maximum atomic E-state index is 12.2. The molecule has 1 saturated carbocycles. The van der Waals surface area contributed by atoms with Crippen molar-refractivity contribution >= 4 is 42.2 Å². The summed E-state index contributed by atoms with van der Waals surface area (Å²) in [5.74, 6) is 0.626. The second kappa shape index (κ2) is 9.96. The van der Waals surface area contributed by atoms with E-state index in [9.17, 15) is 4.79 Å². The molecule has 0 aliphatic heterocycles. The van der Waals surface area contributed by atoms with Gasteiger partial charge in [-0.3, -0.25) is 4.79 Å². The number of hydrogen-bond donors (Lipinski definition) is 2. The SMILES string of the molecule is CN(C)c1ccc(NC(=O)CC2(CN)CCCCC2)nc1.Cl.Cl. The van der Waals surface area contributed by atoms with Crippen molar-refractivity contribution in [1.82, 2.24) is 4.98 Å². The largest absolute Gasteiger partial charge is 0.376 e. The Bertz CT molecular complexity index is 473. The topological polar surface area (TPSA) is 71.2 Å². The minimum absolute atomic E-state index is 0. The molecule has 0 aromatic carbocycles. The molecular formula is C16H28Cl2N4O. The minimum Gasteiger partial charge on any atom is -0.376 e. The number of aromatic nitrogens is 1. The summed E-state index contributed by atoms with van der Waals surface area (Å²) in [6.07, 6.45) is 8.00. The predicted octanol–water partition coefficient (Wildman–Crippen LogP) is 3.23. The number of carbonyl (C=O) groups excluding carboxylic acids is 1. The second-order valence-electron chi connectivity index (χ2n) is 6.29. The summed E-state index contributed by atoms with van der Waals surface area (Å²) in [5, 5.41) is 2.89. The van der Waals surface area contributed by atoms with E-state index in [0.29, 0.717) is 18.8 Å². The quantitative estimate of drug-likeness (QED) is 0.843. The second-order valence-corrected chi connectivity index (χ2v) is 6.29. The fraction of sp³-hybridized carbons (Fsp3) is 0.625. The van der Waals surface area contributed by atoms with Gasteiger partial charge in [0.2, 0.25) is 5.91 Å². The number of carbonyl (C=O) groups is 1. The third-order valence-corrected chi connectivity index (χ3v) is 4.41. The highest BCUT2D eigenvalue weighted by Gasteiger charge is 2.32. The van der Waals surface area contributed by atoms with Crippen LogP contribution in [0.5, 0.6) is 0 Å². The van der Waals surface area contributed by atoms with E-state index in [0.717, 1.165) is 18.5 Å². The summed E-state index contributed by atoms with van der Waals surface area (Å²) in [6.45, 7) is 0.591. The van der Waals surface area contributed by atoms with Crippen LogP contribution in [0.15, 0.2) is 18.3 Å². The summed E-state index contributed by atoms with van der Waals surface area (Å²) < 4.78 is 0. The molecule has 5 nitrogen and oxygen atoms in total. The first-order valence-electron chi connectivity index (χ1n) is 7.68. The number of pyridine rings is 1. The van der Waals surface area contributed by atoms with Crippen LogP contribution >= 0.6 is 24.8 Å². The molecule has 132 valence electrons. The molecule has 0 radical (unpaired) electrons. The number of nitrogens with two attached hydrogens (primary N) is 1. The molecule has 1 heterocycles. The molecule has 0 unspecified atom stereocenters. The number of halogens is 2. The monoisotopic (exact) mass is 362 g/mol. The molecule has 1 aliphatic rings. The van der Waals surface area contributed by atoms with Crippen LogP contribution < -0.4 is 16.0 Å². The molecule has 2 rings (SSSR count). The lowest BCUT2D eigenvalue weighted by molar-refractivity contribution is -0.118. The van der Waals surface area contributed by atoms with Gasteiger partial charge in [-0.05, 0) is 36.9 Å². The molecule has 0 saturated heterocycles. The zero-order valence-electron chi connectivity index (χ0n) is 13.9. The average Bonchev–Trinajstić information content (AvgIpc) is 2.48. The van der Waals surface area contributed by atoms with Crippen molar-refractivity contribution in [3.8, 4) is 0 Å². The summed E-state index contributed by atoms with van der Waals surface area (Å²) in [6, 6.07) is 3.78. The molecule has 3 N–H and O–H groups in total. The summed E-state index contributed by atoms with van der Waals surface area (Å²) >= 11 is 0. The molecule has 1 aromatic rings. The van der Waals surface area contributed by atoms with Gasteiger partial charge < -0.3 is 16.0 Å². The number of rotatable bonds is 5. The van der Waals surface area contributed by atoms with Crippen LogP contribution in [0.25, 0.3) is 0 Å². The Morgan fingerprint density at radius 1 is 1.26 bits per heavy atom. The van der Waals surface area contributed by atoms with Gasteiger partial charge in [-0.15, -0.1) is 24.8 Å². The van der Waals surface area contributed by atoms with Crippen molar-refractivity contribution in [3.63, 3.8) is 0 Å². The highest BCUT2D eigenvalue weighted by molar-refractivity contribution is 5.90. The molecule has 7 heteroatoms. The summed E-state index contributed by atoms with van der Waals surface area (Å²) in [5.41, 5.74) is 6.94. The fourth-order valence-corrected chi connectivity index (χ4v) is 3.01. The number of hydrogen-bond acceptors (Lipinski definition) is 4. The van der Waals surface area contributed by atoms with Crippen molar-refractivity contribution in [1.29, 1.82) is 0 Å². The first kappa shape index (κ1) is 22.0. The molecule has 1 amide bonds. The van der Waals surface area contributed by atoms with Gasteiger partial charge in [-0.25, -0.2) is 4.98 Å². The summed E-state index contributed by atoms with van der Waals surface area (Å²) in [7, 11) is 3.92. The Labute approximate surface area is 151 Å². The van der Waals surface area contributed by atoms with Gasteiger partial charge in [0, 0.05) is 20.5 Å². The van der Waals surface area contributed by atoms with E-state index in [1.165, 1.54) is 19.3 Å². The predicted molar refractivity (Wildman–Crippen MR) is 101 cm³/mol. The van der Waals surface area contributed by atoms with Crippen LogP contribution in [0.1, 0.15) is 38.5 Å². The zero-order valence-corrected chi connectivity index (χ0v) is 15.5. The number of nitrogens with one attached hydrogen (secondary N) is 1. The maximum absolute atomic E-state index is 12.2. The Morgan fingerprint density at radius 2 is 1.91 bits per heavy atom. The number of anilines is 2. The molecule has 23 heavy (non-hydrogen) atoms. The van der Waals surface area contributed by atoms with Crippen LogP contribution in [0.3, 0.4) is 0 Å². The van der Waals surface area contributed by atoms with Crippen molar-refractivity contribution in [2.24, 2.45) is 11.1 Å². The van der Waals surface area contributed by atoms with Gasteiger partial charge in [-0.1, -0.05) is 19.3 Å². The lowest BCUT2D eigenvalue weighted by Crippen LogP contribution is -2.36. The highest BCUT2D eigenvalue weighted by Crippen LogP contribution is 2.38. The van der Waals surface area contributed by atoms with E-state index < -0.39 is 0 Å². The Kier molecular flexibility index (Phi) is 9.51. The van der Waals surface area contributed by atoms with Crippen molar-refractivity contribution < 1.29 is 4.79 Å². The lowest BCUT2D eigenvalue weighted by atomic mass is 9.71. The van der Waals surface area contributed by atoms with E-state index in [1.54, 1.807) is 6.20 Å². The standard InChI is InChI=1S/C16H26N4O.2ClH/c1-20(2)13-6-7-14(18-11-13)19-15(21)10-16(12-17)8-4-3-5-9-16;;/h6-7,11H,3-5,8-10,12,17H2,1-2H3,(H,18,19,21);2*1H. The summed E-state index contributed by atoms with van der Waals surface area (Å²) in [4.78, 5) is 18.5. The first-order valence-corrected chi connectivity index (χ1v) is 7.68. The number of nitrogens with zero attached hydrogens (tertiary/aromatic N) is 2. The van der Waals surface area contributed by atoms with Crippen molar-refractivity contribution in [2.75, 3.05) is 30.9 Å². The average molecular weight is 363 g/mol. The molecule has 0 atom stereocenters. The third-order valence-electron chi connectivity index (χ3n) is 4.41. The molecule has 1 fully saturated rings. The fourth-order valence-electron chi connectivity index (χ4n) is 3.01. The highest BCUT2D eigenvalue weighted by atomic mass is 35.5. The van der Waals surface area contributed by atoms with E-state index >= 15 is 0 Å². The van der Waals surface area contributed by atoms with Crippen molar-refractivity contribution in [3.05, 3.63) is 18.3 Å². The van der Waals surface area contributed by atoms with E-state index in [1.807, 2.05) is 31.1 Å². The Morgan fingerprint density at radius 3 is 2.39 bits per heavy atom. The van der Waals surface area contributed by atoms with Gasteiger partial charge in [0.1, 0.15) is 5.82 Å². The van der Waals surface area contributed by atoms with Gasteiger partial charge in [0.25, 0.3) is 0 Å². The van der Waals surface area contributed by atoms with Gasteiger partial charge in [0.15, 0.2) is 0 Å². The van der Waals surface area contributed by atoms with E-state index in [-0.39, 0.29) is 36.1 Å². The van der Waals surface area contributed by atoms with Crippen LogP contribution in [0.4, 0.5) is 11.5 Å². The molecule has 0 spiro atoms. The number of amides is 1.